The molecule has 3 heteroatoms. The van der Waals surface area contributed by atoms with Gasteiger partial charge in [0.05, 0.1) is 0 Å². The van der Waals surface area contributed by atoms with Crippen LogP contribution < -0.4 is 0 Å². The van der Waals surface area contributed by atoms with Crippen molar-refractivity contribution in [2.45, 2.75) is 0 Å². The van der Waals surface area contributed by atoms with E-state index in [1.165, 1.54) is 6.08 Å². The lowest BCUT2D eigenvalue weighted by Crippen LogP contribution is -1.96. The quantitative estimate of drug-likeness (QED) is 0.636. The molecule has 0 atom stereocenters. The van der Waals surface area contributed by atoms with Gasteiger partial charge in [-0.15, -0.1) is 0 Å². The van der Waals surface area contributed by atoms with Crippen LogP contribution in [0.15, 0.2) is 59.2 Å². The first kappa shape index (κ1) is 11.7. The number of aromatic nitrogens is 1. The number of ketones is 1. The summed E-state index contributed by atoms with van der Waals surface area (Å²) in [6, 6.07) is 13.0. The molecular formula is C14H10BrNO. The maximum Gasteiger partial charge on any atom is 0.204 e. The summed E-state index contributed by atoms with van der Waals surface area (Å²) in [6.45, 7) is 0. The van der Waals surface area contributed by atoms with Crippen molar-refractivity contribution in [2.75, 3.05) is 0 Å². The highest BCUT2D eigenvalue weighted by atomic mass is 79.9. The Morgan fingerprint density at radius 1 is 1.18 bits per heavy atom. The summed E-state index contributed by atoms with van der Waals surface area (Å²) in [6.07, 6.45) is 4.92. The van der Waals surface area contributed by atoms with Gasteiger partial charge in [0.15, 0.2) is 0 Å². The van der Waals surface area contributed by atoms with Crippen LogP contribution in [0.25, 0.3) is 6.08 Å². The van der Waals surface area contributed by atoms with Crippen LogP contribution >= 0.6 is 15.9 Å². The summed E-state index contributed by atoms with van der Waals surface area (Å²) in [4.78, 5) is 15.7. The summed E-state index contributed by atoms with van der Waals surface area (Å²) in [5.41, 5.74) is 1.43. The monoisotopic (exact) mass is 287 g/mol. The zero-order chi connectivity index (χ0) is 12.1. The number of hydrogen-bond acceptors (Lipinski definition) is 2. The Hall–Kier alpha value is -1.74. The van der Waals surface area contributed by atoms with Crippen molar-refractivity contribution in [1.82, 2.24) is 4.98 Å². The summed E-state index contributed by atoms with van der Waals surface area (Å²) >= 11 is 3.38. The van der Waals surface area contributed by atoms with Gasteiger partial charge in [0, 0.05) is 10.7 Å². The zero-order valence-corrected chi connectivity index (χ0v) is 10.6. The van der Waals surface area contributed by atoms with E-state index in [1.807, 2.05) is 24.3 Å². The van der Waals surface area contributed by atoms with E-state index in [1.54, 1.807) is 30.5 Å². The molecule has 0 amide bonds. The zero-order valence-electron chi connectivity index (χ0n) is 9.01. The van der Waals surface area contributed by atoms with Gasteiger partial charge < -0.3 is 0 Å². The van der Waals surface area contributed by atoms with Gasteiger partial charge in [0.2, 0.25) is 5.78 Å². The van der Waals surface area contributed by atoms with Gasteiger partial charge in [-0.25, -0.2) is 0 Å². The molecule has 2 aromatic rings. The van der Waals surface area contributed by atoms with Crippen LogP contribution in [0.3, 0.4) is 0 Å². The van der Waals surface area contributed by atoms with Gasteiger partial charge in [0.1, 0.15) is 5.69 Å². The van der Waals surface area contributed by atoms with Gasteiger partial charge in [-0.3, -0.25) is 9.78 Å². The second kappa shape index (κ2) is 5.55. The minimum Gasteiger partial charge on any atom is -0.288 e. The number of rotatable bonds is 3. The molecule has 0 fully saturated rings. The van der Waals surface area contributed by atoms with E-state index in [0.29, 0.717) is 5.69 Å². The van der Waals surface area contributed by atoms with Crippen LogP contribution in [0, 0.1) is 0 Å². The van der Waals surface area contributed by atoms with Crippen LogP contribution in [0.5, 0.6) is 0 Å². The molecule has 0 spiro atoms. The van der Waals surface area contributed by atoms with Crippen molar-refractivity contribution < 1.29 is 4.79 Å². The van der Waals surface area contributed by atoms with E-state index in [4.69, 9.17) is 0 Å². The molecule has 0 aliphatic heterocycles. The number of hydrogen-bond donors (Lipinski definition) is 0. The van der Waals surface area contributed by atoms with E-state index in [-0.39, 0.29) is 5.78 Å². The first-order valence-corrected chi connectivity index (χ1v) is 5.94. The minimum absolute atomic E-state index is 0.0921. The molecule has 0 unspecified atom stereocenters. The number of benzene rings is 1. The normalized spacial score (nSPS) is 10.6. The number of halogens is 1. The Labute approximate surface area is 108 Å². The number of allylic oxidation sites excluding steroid dienone is 1. The summed E-state index contributed by atoms with van der Waals surface area (Å²) < 4.78 is 0.991. The predicted molar refractivity (Wildman–Crippen MR) is 71.7 cm³/mol. The molecule has 0 aliphatic rings. The number of carbonyl (C=O) groups is 1. The molecule has 1 aromatic carbocycles. The van der Waals surface area contributed by atoms with Crippen LogP contribution in [0.4, 0.5) is 0 Å². The molecule has 2 rings (SSSR count). The van der Waals surface area contributed by atoms with E-state index in [2.05, 4.69) is 20.9 Å². The Morgan fingerprint density at radius 2 is 2.06 bits per heavy atom. The summed E-state index contributed by atoms with van der Waals surface area (Å²) in [5.74, 6) is -0.0921. The van der Waals surface area contributed by atoms with E-state index in [0.717, 1.165) is 10.0 Å². The topological polar surface area (TPSA) is 30.0 Å². The molecule has 0 bridgehead atoms. The Bertz CT molecular complexity index is 549. The maximum absolute atomic E-state index is 11.7. The van der Waals surface area contributed by atoms with Crippen LogP contribution in [0.1, 0.15) is 16.1 Å². The van der Waals surface area contributed by atoms with Crippen molar-refractivity contribution in [2.24, 2.45) is 0 Å². The largest absolute Gasteiger partial charge is 0.288 e. The van der Waals surface area contributed by atoms with Crippen molar-refractivity contribution >= 4 is 27.8 Å². The Morgan fingerprint density at radius 3 is 2.76 bits per heavy atom. The molecule has 0 saturated heterocycles. The average molecular weight is 288 g/mol. The second-order valence-corrected chi connectivity index (χ2v) is 4.38. The smallest absolute Gasteiger partial charge is 0.204 e. The summed E-state index contributed by atoms with van der Waals surface area (Å²) in [5, 5.41) is 0. The van der Waals surface area contributed by atoms with Gasteiger partial charge >= 0.3 is 0 Å². The van der Waals surface area contributed by atoms with Crippen molar-refractivity contribution in [3.05, 3.63) is 70.5 Å². The lowest BCUT2D eigenvalue weighted by Gasteiger charge is -1.95. The van der Waals surface area contributed by atoms with Crippen LogP contribution in [0.2, 0.25) is 0 Å². The van der Waals surface area contributed by atoms with Crippen LogP contribution in [-0.2, 0) is 0 Å². The molecule has 1 heterocycles. The highest BCUT2D eigenvalue weighted by molar-refractivity contribution is 9.10. The standard InChI is InChI=1S/C14H10BrNO/c15-12-5-3-4-11(10-12)7-8-14(17)13-6-1-2-9-16-13/h1-10H. The lowest BCUT2D eigenvalue weighted by atomic mass is 10.1. The Balaban J connectivity index is 2.14. The fourth-order valence-electron chi connectivity index (χ4n) is 1.38. The third kappa shape index (κ3) is 3.36. The first-order valence-electron chi connectivity index (χ1n) is 5.15. The molecule has 0 N–H and O–H groups in total. The van der Waals surface area contributed by atoms with Crippen molar-refractivity contribution in [3.8, 4) is 0 Å². The van der Waals surface area contributed by atoms with Gasteiger partial charge in [-0.2, -0.15) is 0 Å². The summed E-state index contributed by atoms with van der Waals surface area (Å²) in [7, 11) is 0. The number of pyridine rings is 1. The van der Waals surface area contributed by atoms with E-state index in [9.17, 15) is 4.79 Å². The van der Waals surface area contributed by atoms with Gasteiger partial charge in [-0.1, -0.05) is 40.2 Å². The fraction of sp³-hybridized carbons (Fsp3) is 0. The maximum atomic E-state index is 11.7. The van der Waals surface area contributed by atoms with Gasteiger partial charge in [-0.05, 0) is 35.9 Å². The number of nitrogens with zero attached hydrogens (tertiary/aromatic N) is 1. The molecule has 84 valence electrons. The molecule has 1 aromatic heterocycles. The highest BCUT2D eigenvalue weighted by Gasteiger charge is 2.00. The Kier molecular flexibility index (Phi) is 3.83. The molecule has 0 radical (unpaired) electrons. The van der Waals surface area contributed by atoms with Crippen LogP contribution in [-0.4, -0.2) is 10.8 Å². The average Bonchev–Trinajstić information content (AvgIpc) is 2.37. The van der Waals surface area contributed by atoms with Gasteiger partial charge in [0.25, 0.3) is 0 Å². The molecule has 0 saturated carbocycles. The third-order valence-electron chi connectivity index (χ3n) is 2.19. The molecule has 2 nitrogen and oxygen atoms in total. The lowest BCUT2D eigenvalue weighted by molar-refractivity contribution is 0.104. The SMILES string of the molecule is O=C(C=Cc1cccc(Br)c1)c1ccccn1. The molecular weight excluding hydrogens is 278 g/mol. The highest BCUT2D eigenvalue weighted by Crippen LogP contribution is 2.13. The van der Waals surface area contributed by atoms with Crippen molar-refractivity contribution in [1.29, 1.82) is 0 Å². The third-order valence-corrected chi connectivity index (χ3v) is 2.69. The number of carbonyl (C=O) groups excluding carboxylic acids is 1. The minimum atomic E-state index is -0.0921. The first-order chi connectivity index (χ1) is 8.25. The molecule has 17 heavy (non-hydrogen) atoms. The second-order valence-electron chi connectivity index (χ2n) is 3.47. The van der Waals surface area contributed by atoms with E-state index >= 15 is 0 Å². The fourth-order valence-corrected chi connectivity index (χ4v) is 1.79. The van der Waals surface area contributed by atoms with Crippen molar-refractivity contribution in [3.63, 3.8) is 0 Å². The predicted octanol–water partition coefficient (Wildman–Crippen LogP) is 3.74. The molecule has 0 aliphatic carbocycles. The van der Waals surface area contributed by atoms with E-state index < -0.39 is 0 Å².